The first-order valence-corrected chi connectivity index (χ1v) is 4.20. The molecule has 0 aliphatic carbocycles. The molecule has 0 aliphatic heterocycles. The maximum absolute atomic E-state index is 6.68. The summed E-state index contributed by atoms with van der Waals surface area (Å²) in [5, 5.41) is 0. The van der Waals surface area contributed by atoms with E-state index >= 15 is 0 Å². The third-order valence-electron chi connectivity index (χ3n) is 1.95. The van der Waals surface area contributed by atoms with Gasteiger partial charge in [-0.25, -0.2) is 0 Å². The topological polar surface area (TPSA) is 0 Å². The van der Waals surface area contributed by atoms with Gasteiger partial charge in [0.05, 0.1) is 0 Å². The molecule has 0 rings (SSSR count). The summed E-state index contributed by atoms with van der Waals surface area (Å²) in [7, 11) is 0. The van der Waals surface area contributed by atoms with Gasteiger partial charge in [-0.1, -0.05) is 39.0 Å². The smallest absolute Gasteiger partial charge is 0.00989 e. The average molecular weight is 137 g/mol. The standard InChI is InChI=1S/C10H17/c1-4-6-7-8-9-10(3)5-2/h10H,5-9H2,2-3H3. The maximum atomic E-state index is 6.68. The summed E-state index contributed by atoms with van der Waals surface area (Å²) in [6, 6.07) is 0. The Morgan fingerprint density at radius 3 is 2.60 bits per heavy atom. The highest BCUT2D eigenvalue weighted by Gasteiger charge is 1.96. The zero-order valence-electron chi connectivity index (χ0n) is 7.11. The van der Waals surface area contributed by atoms with Gasteiger partial charge in [-0.3, -0.25) is 0 Å². The molecular formula is C10H17. The number of unbranched alkanes of at least 4 members (excludes halogenated alkanes) is 2. The van der Waals surface area contributed by atoms with Crippen molar-refractivity contribution in [2.75, 3.05) is 0 Å². The van der Waals surface area contributed by atoms with E-state index in [2.05, 4.69) is 19.8 Å². The summed E-state index contributed by atoms with van der Waals surface area (Å²) in [5.41, 5.74) is 0. The fourth-order valence-electron chi connectivity index (χ4n) is 0.910. The third-order valence-corrected chi connectivity index (χ3v) is 1.95. The molecule has 10 heavy (non-hydrogen) atoms. The SMILES string of the molecule is [C]#CCCCCC(C)CC. The molecule has 0 spiro atoms. The number of rotatable bonds is 5. The summed E-state index contributed by atoms with van der Waals surface area (Å²) in [6.45, 7) is 4.52. The monoisotopic (exact) mass is 137 g/mol. The van der Waals surface area contributed by atoms with E-state index in [0.29, 0.717) is 0 Å². The minimum atomic E-state index is 0.844. The van der Waals surface area contributed by atoms with Gasteiger partial charge in [-0.05, 0) is 18.8 Å². The molecule has 0 heterocycles. The molecule has 0 aliphatic rings. The molecule has 0 nitrogen and oxygen atoms in total. The van der Waals surface area contributed by atoms with E-state index in [1.165, 1.54) is 19.3 Å². The van der Waals surface area contributed by atoms with Gasteiger partial charge in [0.2, 0.25) is 0 Å². The second kappa shape index (κ2) is 6.68. The first-order chi connectivity index (χ1) is 4.81. The predicted molar refractivity (Wildman–Crippen MR) is 45.1 cm³/mol. The van der Waals surface area contributed by atoms with Crippen LogP contribution < -0.4 is 0 Å². The van der Waals surface area contributed by atoms with Crippen molar-refractivity contribution in [2.45, 2.75) is 46.0 Å². The molecular weight excluding hydrogens is 120 g/mol. The molecule has 0 fully saturated rings. The Kier molecular flexibility index (Phi) is 6.38. The molecule has 0 bridgehead atoms. The fourth-order valence-corrected chi connectivity index (χ4v) is 0.910. The van der Waals surface area contributed by atoms with Crippen LogP contribution in [0.3, 0.4) is 0 Å². The summed E-state index contributed by atoms with van der Waals surface area (Å²) in [5.74, 6) is 3.28. The molecule has 0 amide bonds. The molecule has 0 aromatic carbocycles. The normalized spacial score (nSPS) is 12.5. The summed E-state index contributed by atoms with van der Waals surface area (Å²) in [6.07, 6.45) is 12.5. The van der Waals surface area contributed by atoms with Crippen molar-refractivity contribution in [1.82, 2.24) is 0 Å². The Labute approximate surface area is 65.0 Å². The quantitative estimate of drug-likeness (QED) is 0.403. The first-order valence-electron chi connectivity index (χ1n) is 4.20. The van der Waals surface area contributed by atoms with Crippen LogP contribution in [-0.4, -0.2) is 0 Å². The zero-order valence-corrected chi connectivity index (χ0v) is 7.11. The van der Waals surface area contributed by atoms with Gasteiger partial charge in [-0.15, -0.1) is 0 Å². The van der Waals surface area contributed by atoms with Crippen LogP contribution in [0.25, 0.3) is 0 Å². The minimum Gasteiger partial charge on any atom is -0.0891 e. The molecule has 0 heteroatoms. The Balaban J connectivity index is 2.98. The zero-order chi connectivity index (χ0) is 7.82. The van der Waals surface area contributed by atoms with Crippen LogP contribution in [0.2, 0.25) is 0 Å². The van der Waals surface area contributed by atoms with Gasteiger partial charge in [0.1, 0.15) is 0 Å². The van der Waals surface area contributed by atoms with Crippen molar-refractivity contribution in [3.63, 3.8) is 0 Å². The highest BCUT2D eigenvalue weighted by molar-refractivity contribution is 4.74. The van der Waals surface area contributed by atoms with E-state index in [-0.39, 0.29) is 0 Å². The number of hydrogen-bond donors (Lipinski definition) is 0. The minimum absolute atomic E-state index is 0.844. The van der Waals surface area contributed by atoms with Gasteiger partial charge in [0.25, 0.3) is 0 Å². The van der Waals surface area contributed by atoms with Crippen LogP contribution in [-0.2, 0) is 0 Å². The molecule has 0 N–H and O–H groups in total. The average Bonchev–Trinajstić information content (AvgIpc) is 1.98. The van der Waals surface area contributed by atoms with Crippen molar-refractivity contribution in [3.8, 4) is 5.92 Å². The second-order valence-electron chi connectivity index (χ2n) is 2.94. The predicted octanol–water partition coefficient (Wildman–Crippen LogP) is 3.18. The fraction of sp³-hybridized carbons (Fsp3) is 0.800. The van der Waals surface area contributed by atoms with Gasteiger partial charge >= 0.3 is 0 Å². The van der Waals surface area contributed by atoms with Crippen LogP contribution >= 0.6 is 0 Å². The van der Waals surface area contributed by atoms with Crippen LogP contribution in [0.15, 0.2) is 0 Å². The van der Waals surface area contributed by atoms with Gasteiger partial charge in [-0.2, -0.15) is 0 Å². The molecule has 1 atom stereocenters. The summed E-state index contributed by atoms with van der Waals surface area (Å²) < 4.78 is 0. The lowest BCUT2D eigenvalue weighted by Gasteiger charge is -2.05. The van der Waals surface area contributed by atoms with Gasteiger partial charge in [0.15, 0.2) is 0 Å². The van der Waals surface area contributed by atoms with Crippen molar-refractivity contribution in [1.29, 1.82) is 0 Å². The first kappa shape index (κ1) is 9.56. The summed E-state index contributed by atoms with van der Waals surface area (Å²) in [4.78, 5) is 0. The van der Waals surface area contributed by atoms with Crippen LogP contribution in [0.4, 0.5) is 0 Å². The molecule has 0 saturated carbocycles. The van der Waals surface area contributed by atoms with Crippen molar-refractivity contribution in [2.24, 2.45) is 5.92 Å². The van der Waals surface area contributed by atoms with Crippen LogP contribution in [0.5, 0.6) is 0 Å². The Bertz CT molecular complexity index is 97.1. The third kappa shape index (κ3) is 5.69. The Morgan fingerprint density at radius 1 is 1.40 bits per heavy atom. The number of hydrogen-bond acceptors (Lipinski definition) is 0. The lowest BCUT2D eigenvalue weighted by molar-refractivity contribution is 0.487. The van der Waals surface area contributed by atoms with E-state index in [0.717, 1.165) is 18.8 Å². The lowest BCUT2D eigenvalue weighted by Crippen LogP contribution is -1.90. The molecule has 0 saturated heterocycles. The van der Waals surface area contributed by atoms with Gasteiger partial charge in [0, 0.05) is 6.42 Å². The van der Waals surface area contributed by atoms with Crippen molar-refractivity contribution in [3.05, 3.63) is 6.42 Å². The van der Waals surface area contributed by atoms with E-state index in [4.69, 9.17) is 6.42 Å². The van der Waals surface area contributed by atoms with Crippen LogP contribution in [0, 0.1) is 18.3 Å². The molecule has 0 aromatic heterocycles. The molecule has 0 aromatic rings. The maximum Gasteiger partial charge on any atom is 0.00989 e. The highest BCUT2D eigenvalue weighted by atomic mass is 14.0. The van der Waals surface area contributed by atoms with Crippen LogP contribution in [0.1, 0.15) is 46.0 Å². The lowest BCUT2D eigenvalue weighted by atomic mass is 10.0. The molecule has 1 radical (unpaired) electrons. The highest BCUT2D eigenvalue weighted by Crippen LogP contribution is 2.11. The van der Waals surface area contributed by atoms with E-state index in [1.807, 2.05) is 0 Å². The summed E-state index contributed by atoms with van der Waals surface area (Å²) >= 11 is 0. The van der Waals surface area contributed by atoms with E-state index in [1.54, 1.807) is 0 Å². The van der Waals surface area contributed by atoms with Crippen molar-refractivity contribution < 1.29 is 0 Å². The van der Waals surface area contributed by atoms with E-state index in [9.17, 15) is 0 Å². The van der Waals surface area contributed by atoms with Gasteiger partial charge < -0.3 is 0 Å². The largest absolute Gasteiger partial charge is 0.0891 e. The van der Waals surface area contributed by atoms with E-state index < -0.39 is 0 Å². The Hall–Kier alpha value is -0.440. The Morgan fingerprint density at radius 2 is 2.10 bits per heavy atom. The van der Waals surface area contributed by atoms with Crippen molar-refractivity contribution >= 4 is 0 Å². The molecule has 1 unspecified atom stereocenters. The molecule has 57 valence electrons. The second-order valence-corrected chi connectivity index (χ2v) is 2.94.